The quantitative estimate of drug-likeness (QED) is 0.876. The lowest BCUT2D eigenvalue weighted by Crippen LogP contribution is -1.98. The van der Waals surface area contributed by atoms with Crippen molar-refractivity contribution in [1.29, 1.82) is 0 Å². The van der Waals surface area contributed by atoms with Crippen LogP contribution >= 0.6 is 15.9 Å². The van der Waals surface area contributed by atoms with Crippen molar-refractivity contribution in [2.24, 2.45) is 0 Å². The Morgan fingerprint density at radius 2 is 2.00 bits per heavy atom. The lowest BCUT2D eigenvalue weighted by atomic mass is 10.2. The van der Waals surface area contributed by atoms with Gasteiger partial charge in [-0.05, 0) is 48.4 Å². The Morgan fingerprint density at radius 3 is 2.67 bits per heavy atom. The molecule has 0 aromatic heterocycles. The van der Waals surface area contributed by atoms with E-state index in [9.17, 15) is 4.21 Å². The van der Waals surface area contributed by atoms with Crippen LogP contribution in [-0.2, 0) is 16.6 Å². The van der Waals surface area contributed by atoms with E-state index >= 15 is 0 Å². The van der Waals surface area contributed by atoms with Gasteiger partial charge in [-0.3, -0.25) is 4.21 Å². The van der Waals surface area contributed by atoms with E-state index in [2.05, 4.69) is 15.9 Å². The van der Waals surface area contributed by atoms with Gasteiger partial charge in [-0.25, -0.2) is 0 Å². The van der Waals surface area contributed by atoms with Gasteiger partial charge in [0.1, 0.15) is 0 Å². The zero-order chi connectivity index (χ0) is 13.1. The first-order chi connectivity index (χ1) is 8.54. The molecule has 1 unspecified atom stereocenters. The molecule has 2 aromatic carbocycles. The molecule has 94 valence electrons. The molecule has 0 bridgehead atoms. The van der Waals surface area contributed by atoms with Crippen molar-refractivity contribution in [2.75, 3.05) is 5.73 Å². The second-order valence-corrected chi connectivity index (χ2v) is 6.57. The smallest absolute Gasteiger partial charge is 0.0574 e. The largest absolute Gasteiger partial charge is 0.399 e. The molecule has 2 rings (SSSR count). The van der Waals surface area contributed by atoms with Gasteiger partial charge in [-0.15, -0.1) is 0 Å². The molecule has 18 heavy (non-hydrogen) atoms. The van der Waals surface area contributed by atoms with Crippen LogP contribution in [0.25, 0.3) is 0 Å². The summed E-state index contributed by atoms with van der Waals surface area (Å²) in [7, 11) is -1.04. The Morgan fingerprint density at radius 1 is 1.22 bits per heavy atom. The average Bonchev–Trinajstić information content (AvgIpc) is 2.27. The Kier molecular flexibility index (Phi) is 4.19. The van der Waals surface area contributed by atoms with E-state index in [1.54, 1.807) is 0 Å². The van der Waals surface area contributed by atoms with Crippen LogP contribution in [0.2, 0.25) is 0 Å². The summed E-state index contributed by atoms with van der Waals surface area (Å²) < 4.78 is 13.2. The zero-order valence-electron chi connectivity index (χ0n) is 10.0. The third-order valence-corrected chi connectivity index (χ3v) is 4.36. The number of hydrogen-bond acceptors (Lipinski definition) is 2. The number of benzene rings is 2. The van der Waals surface area contributed by atoms with E-state index in [0.717, 1.165) is 20.5 Å². The number of aryl methyl sites for hydroxylation is 1. The van der Waals surface area contributed by atoms with Gasteiger partial charge in [0.15, 0.2) is 0 Å². The zero-order valence-corrected chi connectivity index (χ0v) is 12.4. The maximum Gasteiger partial charge on any atom is 0.0574 e. The molecule has 0 saturated carbocycles. The predicted molar refractivity (Wildman–Crippen MR) is 79.8 cm³/mol. The summed E-state index contributed by atoms with van der Waals surface area (Å²) in [5.41, 5.74) is 8.54. The lowest BCUT2D eigenvalue weighted by Gasteiger charge is -2.05. The summed E-state index contributed by atoms with van der Waals surface area (Å²) in [5.74, 6) is 0.479. The number of anilines is 1. The van der Waals surface area contributed by atoms with Gasteiger partial charge >= 0.3 is 0 Å². The molecule has 0 saturated heterocycles. The van der Waals surface area contributed by atoms with Gasteiger partial charge in [-0.2, -0.15) is 0 Å². The van der Waals surface area contributed by atoms with Crippen LogP contribution in [0.15, 0.2) is 51.8 Å². The van der Waals surface area contributed by atoms with Gasteiger partial charge < -0.3 is 5.73 Å². The highest BCUT2D eigenvalue weighted by atomic mass is 79.9. The predicted octanol–water partition coefficient (Wildman–Crippen LogP) is 3.65. The molecule has 2 nitrogen and oxygen atoms in total. The number of hydrogen-bond donors (Lipinski definition) is 1. The summed E-state index contributed by atoms with van der Waals surface area (Å²) in [6, 6.07) is 13.4. The van der Waals surface area contributed by atoms with Crippen LogP contribution in [-0.4, -0.2) is 4.21 Å². The summed E-state index contributed by atoms with van der Waals surface area (Å²) in [4.78, 5) is 0.855. The van der Waals surface area contributed by atoms with Gasteiger partial charge in [0.25, 0.3) is 0 Å². The first-order valence-corrected chi connectivity index (χ1v) is 7.66. The molecule has 0 heterocycles. The normalized spacial score (nSPS) is 12.3. The Labute approximate surface area is 118 Å². The van der Waals surface area contributed by atoms with E-state index in [1.807, 2.05) is 49.4 Å². The van der Waals surface area contributed by atoms with Crippen molar-refractivity contribution in [3.05, 3.63) is 58.1 Å². The van der Waals surface area contributed by atoms with Crippen LogP contribution in [0, 0.1) is 6.92 Å². The first-order valence-electron chi connectivity index (χ1n) is 5.54. The second-order valence-electron chi connectivity index (χ2n) is 4.20. The fourth-order valence-electron chi connectivity index (χ4n) is 1.75. The van der Waals surface area contributed by atoms with Gasteiger partial charge in [0.05, 0.1) is 16.6 Å². The van der Waals surface area contributed by atoms with Gasteiger partial charge in [-0.1, -0.05) is 28.1 Å². The third-order valence-electron chi connectivity index (χ3n) is 2.53. The SMILES string of the molecule is Cc1cccc(S(=O)Cc2cc(N)cc(Br)c2)c1. The van der Waals surface area contributed by atoms with E-state index in [4.69, 9.17) is 5.73 Å². The van der Waals surface area contributed by atoms with Crippen molar-refractivity contribution in [2.45, 2.75) is 17.6 Å². The van der Waals surface area contributed by atoms with E-state index in [-0.39, 0.29) is 0 Å². The highest BCUT2D eigenvalue weighted by Gasteiger charge is 2.06. The fraction of sp³-hybridized carbons (Fsp3) is 0.143. The van der Waals surface area contributed by atoms with Crippen molar-refractivity contribution in [1.82, 2.24) is 0 Å². The summed E-state index contributed by atoms with van der Waals surface area (Å²) in [6.45, 7) is 2.00. The highest BCUT2D eigenvalue weighted by Crippen LogP contribution is 2.20. The lowest BCUT2D eigenvalue weighted by molar-refractivity contribution is 0.682. The molecule has 1 atom stereocenters. The minimum Gasteiger partial charge on any atom is -0.399 e. The minimum absolute atomic E-state index is 0.479. The van der Waals surface area contributed by atoms with Crippen molar-refractivity contribution < 1.29 is 4.21 Å². The molecule has 0 aliphatic heterocycles. The van der Waals surface area contributed by atoms with Crippen LogP contribution in [0.1, 0.15) is 11.1 Å². The number of halogens is 1. The molecule has 2 N–H and O–H groups in total. The average molecular weight is 324 g/mol. The topological polar surface area (TPSA) is 43.1 Å². The molecule has 0 radical (unpaired) electrons. The first kappa shape index (κ1) is 13.3. The van der Waals surface area contributed by atoms with Crippen LogP contribution in [0.5, 0.6) is 0 Å². The highest BCUT2D eigenvalue weighted by molar-refractivity contribution is 9.10. The Bertz CT molecular complexity index is 578. The maximum absolute atomic E-state index is 12.2. The molecule has 0 aliphatic rings. The molecular formula is C14H14BrNOS. The van der Waals surface area contributed by atoms with E-state index in [1.165, 1.54) is 0 Å². The van der Waals surface area contributed by atoms with Crippen molar-refractivity contribution in [3.63, 3.8) is 0 Å². The standard InChI is InChI=1S/C14H14BrNOS/c1-10-3-2-4-14(5-10)18(17)9-11-6-12(15)8-13(16)7-11/h2-8H,9,16H2,1H3. The monoisotopic (exact) mass is 323 g/mol. The van der Waals surface area contributed by atoms with E-state index in [0.29, 0.717) is 11.4 Å². The molecule has 0 spiro atoms. The van der Waals surface area contributed by atoms with Crippen molar-refractivity contribution >= 4 is 32.4 Å². The number of nitrogens with two attached hydrogens (primary N) is 1. The van der Waals surface area contributed by atoms with Crippen LogP contribution in [0.4, 0.5) is 5.69 Å². The molecule has 4 heteroatoms. The Hall–Kier alpha value is -1.13. The van der Waals surface area contributed by atoms with Crippen LogP contribution < -0.4 is 5.73 Å². The molecular weight excluding hydrogens is 310 g/mol. The van der Waals surface area contributed by atoms with Gasteiger partial charge in [0.2, 0.25) is 0 Å². The molecule has 2 aromatic rings. The second kappa shape index (κ2) is 5.67. The number of rotatable bonds is 3. The fourth-order valence-corrected chi connectivity index (χ4v) is 3.49. The van der Waals surface area contributed by atoms with Crippen LogP contribution in [0.3, 0.4) is 0 Å². The van der Waals surface area contributed by atoms with Crippen molar-refractivity contribution in [3.8, 4) is 0 Å². The molecule has 0 fully saturated rings. The summed E-state index contributed by atoms with van der Waals surface area (Å²) in [5, 5.41) is 0. The Balaban J connectivity index is 2.21. The summed E-state index contributed by atoms with van der Waals surface area (Å²) >= 11 is 3.39. The molecule has 0 amide bonds. The summed E-state index contributed by atoms with van der Waals surface area (Å²) in [6.07, 6.45) is 0. The number of nitrogen functional groups attached to an aromatic ring is 1. The van der Waals surface area contributed by atoms with E-state index < -0.39 is 10.8 Å². The minimum atomic E-state index is -1.04. The molecule has 0 aliphatic carbocycles. The maximum atomic E-state index is 12.2. The third kappa shape index (κ3) is 3.43. The van der Waals surface area contributed by atoms with Gasteiger partial charge in [0, 0.05) is 15.1 Å².